The first kappa shape index (κ1) is 17.9. The molecule has 0 fully saturated rings. The summed E-state index contributed by atoms with van der Waals surface area (Å²) in [4.78, 5) is 16.7. The number of nitrogens with one attached hydrogen (secondary N) is 1. The first-order valence-electron chi connectivity index (χ1n) is 8.37. The predicted molar refractivity (Wildman–Crippen MR) is 113 cm³/mol. The van der Waals surface area contributed by atoms with E-state index in [0.717, 1.165) is 20.9 Å². The maximum Gasteiger partial charge on any atom is 0.283 e. The number of amidine groups is 2. The summed E-state index contributed by atoms with van der Waals surface area (Å²) in [5.74, 6) is -0.146. The molecule has 2 aliphatic rings. The highest BCUT2D eigenvalue weighted by molar-refractivity contribution is 9.10. The number of carbonyl (C=O) groups is 1. The number of hydrogen-bond donors (Lipinski definition) is 1. The maximum absolute atomic E-state index is 12.5. The number of carbonyl (C=O) groups excluding carboxylic acids is 1. The molecule has 1 aromatic heterocycles. The zero-order valence-corrected chi connectivity index (χ0v) is 17.1. The number of hydrazone groups is 1. The Balaban J connectivity index is 1.72. The average Bonchev–Trinajstić information content (AvgIpc) is 3.26. The van der Waals surface area contributed by atoms with Gasteiger partial charge in [-0.1, -0.05) is 29.8 Å². The third-order valence-electron chi connectivity index (χ3n) is 4.14. The number of amides is 1. The molecule has 136 valence electrons. The van der Waals surface area contributed by atoms with Gasteiger partial charge in [-0.3, -0.25) is 10.2 Å². The first-order chi connectivity index (χ1) is 12.9. The Kier molecular flexibility index (Phi) is 4.61. The van der Waals surface area contributed by atoms with Gasteiger partial charge in [0.05, 0.1) is 5.57 Å². The second-order valence-electron chi connectivity index (χ2n) is 6.39. The fourth-order valence-electron chi connectivity index (χ4n) is 2.74. The second-order valence-corrected chi connectivity index (χ2v) is 8.30. The zero-order valence-electron chi connectivity index (χ0n) is 14.7. The normalized spacial score (nSPS) is 18.2. The van der Waals surface area contributed by atoms with Crippen molar-refractivity contribution in [2.75, 3.05) is 0 Å². The molecule has 1 aromatic carbocycles. The number of benzene rings is 1. The lowest BCUT2D eigenvalue weighted by Crippen LogP contribution is -2.35. The van der Waals surface area contributed by atoms with E-state index in [1.54, 1.807) is 6.08 Å². The van der Waals surface area contributed by atoms with Crippen LogP contribution < -0.4 is 0 Å². The van der Waals surface area contributed by atoms with Gasteiger partial charge in [0.1, 0.15) is 5.04 Å². The zero-order chi connectivity index (χ0) is 19.1. The van der Waals surface area contributed by atoms with Crippen LogP contribution >= 0.6 is 27.7 Å². The van der Waals surface area contributed by atoms with Gasteiger partial charge >= 0.3 is 0 Å². The Morgan fingerprint density at radius 2 is 1.96 bits per heavy atom. The van der Waals surface area contributed by atoms with Crippen molar-refractivity contribution in [3.63, 3.8) is 0 Å². The number of nitrogens with zero attached hydrogens (tertiary/aromatic N) is 4. The van der Waals surface area contributed by atoms with E-state index in [-0.39, 0.29) is 17.3 Å². The Bertz CT molecular complexity index is 1030. The summed E-state index contributed by atoms with van der Waals surface area (Å²) in [6.45, 7) is 4.05. The Morgan fingerprint density at radius 3 is 2.67 bits per heavy atom. The number of aliphatic imine (C=N–C) groups is 1. The molecular formula is C19H16BrN5OS. The lowest BCUT2D eigenvalue weighted by molar-refractivity contribution is -0.114. The third kappa shape index (κ3) is 3.30. The van der Waals surface area contributed by atoms with Gasteiger partial charge in [-0.25, -0.2) is 0 Å². The first-order valence-corrected chi connectivity index (χ1v) is 9.98. The molecule has 0 atom stereocenters. The minimum atomic E-state index is -0.414. The number of rotatable bonds is 3. The number of thioether (sulfide) groups is 1. The Hall–Kier alpha value is -2.45. The van der Waals surface area contributed by atoms with Gasteiger partial charge in [-0.15, -0.1) is 0 Å². The van der Waals surface area contributed by atoms with Gasteiger partial charge in [-0.2, -0.15) is 15.1 Å². The topological polar surface area (TPSA) is 73.8 Å². The molecule has 0 radical (unpaired) electrons. The number of fused-ring (bicyclic) bond motifs is 1. The van der Waals surface area contributed by atoms with E-state index in [9.17, 15) is 4.79 Å². The summed E-state index contributed by atoms with van der Waals surface area (Å²) in [7, 11) is 0. The summed E-state index contributed by atoms with van der Waals surface area (Å²) in [6, 6.07) is 11.7. The number of halogens is 1. The van der Waals surface area contributed by atoms with Gasteiger partial charge in [0.25, 0.3) is 5.91 Å². The van der Waals surface area contributed by atoms with Gasteiger partial charge < -0.3 is 4.57 Å². The maximum atomic E-state index is 12.5. The minimum Gasteiger partial charge on any atom is -0.317 e. The molecular weight excluding hydrogens is 426 g/mol. The lowest BCUT2D eigenvalue weighted by Gasteiger charge is -2.20. The Labute approximate surface area is 169 Å². The van der Waals surface area contributed by atoms with Crippen LogP contribution in [-0.2, 0) is 4.79 Å². The van der Waals surface area contributed by atoms with Crippen molar-refractivity contribution in [3.05, 3.63) is 58.3 Å². The SMILES string of the molecule is CC(C)C1=NN2C(=N)/C(=C/c3cccn3-c3ccc(Br)cc3)C(=O)N=C2S1. The van der Waals surface area contributed by atoms with Crippen LogP contribution in [0.25, 0.3) is 11.8 Å². The fourth-order valence-corrected chi connectivity index (χ4v) is 3.89. The highest BCUT2D eigenvalue weighted by Crippen LogP contribution is 2.31. The standard InChI is InChI=1S/C19H16BrN5OS/c1-11(2)18-23-25-16(21)15(17(26)22-19(25)27-18)10-14-4-3-9-24(14)13-7-5-12(20)6-8-13/h3-11,21H,1-2H3/b15-10-,21-16?. The van der Waals surface area contributed by atoms with Crippen LogP contribution in [0.2, 0.25) is 0 Å². The van der Waals surface area contributed by atoms with Gasteiger partial charge in [0.2, 0.25) is 5.17 Å². The molecule has 27 heavy (non-hydrogen) atoms. The molecule has 2 aromatic rings. The van der Waals surface area contributed by atoms with Crippen LogP contribution in [0.4, 0.5) is 0 Å². The van der Waals surface area contributed by atoms with Crippen LogP contribution in [-0.4, -0.2) is 31.5 Å². The molecule has 1 amide bonds. The number of aromatic nitrogens is 1. The Morgan fingerprint density at radius 1 is 1.22 bits per heavy atom. The van der Waals surface area contributed by atoms with E-state index in [4.69, 9.17) is 5.41 Å². The van der Waals surface area contributed by atoms with Crippen molar-refractivity contribution >= 4 is 55.7 Å². The molecule has 0 saturated heterocycles. The van der Waals surface area contributed by atoms with Crippen LogP contribution in [0.3, 0.4) is 0 Å². The molecule has 0 saturated carbocycles. The van der Waals surface area contributed by atoms with Crippen molar-refractivity contribution in [2.24, 2.45) is 16.0 Å². The van der Waals surface area contributed by atoms with E-state index >= 15 is 0 Å². The van der Waals surface area contributed by atoms with Crippen LogP contribution in [0.5, 0.6) is 0 Å². The molecule has 6 nitrogen and oxygen atoms in total. The molecule has 3 heterocycles. The van der Waals surface area contributed by atoms with Gasteiger partial charge in [0, 0.05) is 28.0 Å². The largest absolute Gasteiger partial charge is 0.317 e. The highest BCUT2D eigenvalue weighted by atomic mass is 79.9. The van der Waals surface area contributed by atoms with Crippen LogP contribution in [0.1, 0.15) is 19.5 Å². The van der Waals surface area contributed by atoms with Crippen molar-refractivity contribution in [3.8, 4) is 5.69 Å². The summed E-state index contributed by atoms with van der Waals surface area (Å²) in [6.07, 6.45) is 3.61. The molecule has 0 spiro atoms. The van der Waals surface area contributed by atoms with E-state index in [2.05, 4.69) is 26.0 Å². The van der Waals surface area contributed by atoms with E-state index in [1.807, 2.05) is 61.0 Å². The van der Waals surface area contributed by atoms with E-state index in [1.165, 1.54) is 16.8 Å². The van der Waals surface area contributed by atoms with Crippen molar-refractivity contribution in [1.82, 2.24) is 9.58 Å². The number of hydrogen-bond acceptors (Lipinski definition) is 4. The van der Waals surface area contributed by atoms with E-state index in [0.29, 0.717) is 5.17 Å². The quantitative estimate of drug-likeness (QED) is 0.711. The monoisotopic (exact) mass is 441 g/mol. The molecule has 2 aliphatic heterocycles. The highest BCUT2D eigenvalue weighted by Gasteiger charge is 2.36. The molecule has 4 rings (SSSR count). The smallest absolute Gasteiger partial charge is 0.283 e. The summed E-state index contributed by atoms with van der Waals surface area (Å²) >= 11 is 4.78. The minimum absolute atomic E-state index is 0.0525. The van der Waals surface area contributed by atoms with Gasteiger partial charge in [0.15, 0.2) is 5.84 Å². The molecule has 0 bridgehead atoms. The van der Waals surface area contributed by atoms with Crippen LogP contribution in [0.15, 0.2) is 62.7 Å². The van der Waals surface area contributed by atoms with Crippen LogP contribution in [0, 0.1) is 11.3 Å². The fraction of sp³-hybridized carbons (Fsp3) is 0.158. The molecule has 0 aliphatic carbocycles. The lowest BCUT2D eigenvalue weighted by atomic mass is 10.1. The predicted octanol–water partition coefficient (Wildman–Crippen LogP) is 4.51. The molecule has 0 unspecified atom stereocenters. The van der Waals surface area contributed by atoms with Crippen molar-refractivity contribution in [2.45, 2.75) is 13.8 Å². The summed E-state index contributed by atoms with van der Waals surface area (Å²) in [5, 5.41) is 15.7. The van der Waals surface area contributed by atoms with Gasteiger partial charge in [-0.05, 0) is 54.2 Å². The van der Waals surface area contributed by atoms with Crippen molar-refractivity contribution < 1.29 is 4.79 Å². The summed E-state index contributed by atoms with van der Waals surface area (Å²) < 4.78 is 2.95. The molecule has 8 heteroatoms. The summed E-state index contributed by atoms with van der Waals surface area (Å²) in [5.41, 5.74) is 1.99. The van der Waals surface area contributed by atoms with E-state index < -0.39 is 5.91 Å². The molecule has 1 N–H and O–H groups in total. The van der Waals surface area contributed by atoms with Crippen molar-refractivity contribution in [1.29, 1.82) is 5.41 Å². The second kappa shape index (κ2) is 6.94. The average molecular weight is 442 g/mol. The third-order valence-corrected chi connectivity index (χ3v) is 5.88.